The number of rotatable bonds is 8. The maximum atomic E-state index is 13.3. The molecule has 0 saturated carbocycles. The van der Waals surface area contributed by atoms with E-state index in [0.29, 0.717) is 30.7 Å². The normalized spacial score (nSPS) is 15.1. The lowest BCUT2D eigenvalue weighted by atomic mass is 9.96. The molecule has 2 heterocycles. The lowest BCUT2D eigenvalue weighted by Gasteiger charge is -2.18. The average molecular weight is 465 g/mol. The van der Waals surface area contributed by atoms with Crippen LogP contribution in [0.15, 0.2) is 58.1 Å². The fourth-order valence-electron chi connectivity index (χ4n) is 4.04. The molecule has 4 rings (SSSR count). The highest BCUT2D eigenvalue weighted by Gasteiger charge is 2.26. The van der Waals surface area contributed by atoms with Crippen molar-refractivity contribution >= 4 is 6.09 Å². The third kappa shape index (κ3) is 4.34. The summed E-state index contributed by atoms with van der Waals surface area (Å²) >= 11 is 0. The number of carbonyl (C=O) groups is 1. The van der Waals surface area contributed by atoms with Gasteiger partial charge in [-0.1, -0.05) is 62.4 Å². The Morgan fingerprint density at radius 1 is 0.971 bits per heavy atom. The molecule has 0 bridgehead atoms. The minimum absolute atomic E-state index is 0.271. The van der Waals surface area contributed by atoms with Gasteiger partial charge in [-0.2, -0.15) is 0 Å². The molecule has 1 aromatic heterocycles. The lowest BCUT2D eigenvalue weighted by molar-refractivity contribution is 0.122. The predicted molar refractivity (Wildman–Crippen MR) is 128 cm³/mol. The van der Waals surface area contributed by atoms with Gasteiger partial charge in [-0.05, 0) is 35.1 Å². The maximum absolute atomic E-state index is 13.3. The highest BCUT2D eigenvalue weighted by molar-refractivity contribution is 5.75. The third-order valence-corrected chi connectivity index (χ3v) is 5.67. The number of hydrogen-bond acceptors (Lipinski definition) is 6. The fourth-order valence-corrected chi connectivity index (χ4v) is 4.04. The van der Waals surface area contributed by atoms with E-state index in [0.717, 1.165) is 23.1 Å². The molecule has 1 aliphatic rings. The van der Waals surface area contributed by atoms with Crippen LogP contribution in [0.2, 0.25) is 0 Å². The van der Waals surface area contributed by atoms with Crippen molar-refractivity contribution in [2.75, 3.05) is 6.61 Å². The van der Waals surface area contributed by atoms with E-state index in [1.165, 1.54) is 9.13 Å². The van der Waals surface area contributed by atoms with Crippen LogP contribution in [0.3, 0.4) is 0 Å². The van der Waals surface area contributed by atoms with Crippen molar-refractivity contribution in [1.29, 1.82) is 0 Å². The number of hydroxylamine groups is 1. The molecule has 0 spiro atoms. The molecule has 34 heavy (non-hydrogen) atoms. The molecule has 2 aromatic carbocycles. The maximum Gasteiger partial charge on any atom is 0.427 e. The topological polar surface area (TPSA) is 104 Å². The van der Waals surface area contributed by atoms with Gasteiger partial charge in [0.1, 0.15) is 11.7 Å². The Hall–Kier alpha value is -3.85. The molecule has 1 atom stereocenters. The van der Waals surface area contributed by atoms with Crippen molar-refractivity contribution < 1.29 is 14.4 Å². The zero-order valence-electron chi connectivity index (χ0n) is 19.5. The number of benzene rings is 2. The van der Waals surface area contributed by atoms with Gasteiger partial charge in [0.25, 0.3) is 5.56 Å². The van der Waals surface area contributed by atoms with Crippen LogP contribution in [0.5, 0.6) is 5.88 Å². The Balaban J connectivity index is 1.79. The van der Waals surface area contributed by atoms with Gasteiger partial charge in [-0.25, -0.2) is 9.59 Å². The Bertz CT molecular complexity index is 1310. The largest absolute Gasteiger partial charge is 0.478 e. The second kappa shape index (κ2) is 9.96. The van der Waals surface area contributed by atoms with Crippen molar-refractivity contribution in [2.45, 2.75) is 39.4 Å². The first-order valence-electron chi connectivity index (χ1n) is 11.4. The highest BCUT2D eigenvalue weighted by Crippen LogP contribution is 2.32. The summed E-state index contributed by atoms with van der Waals surface area (Å²) in [5, 5.41) is 2.72. The number of nitrogens with zero attached hydrogens (tertiary/aromatic N) is 2. The molecule has 1 aliphatic heterocycles. The monoisotopic (exact) mass is 464 g/mol. The Labute approximate surface area is 196 Å². The van der Waals surface area contributed by atoms with Crippen LogP contribution in [0.4, 0.5) is 4.79 Å². The van der Waals surface area contributed by atoms with E-state index < -0.39 is 12.3 Å². The van der Waals surface area contributed by atoms with Gasteiger partial charge < -0.3 is 9.57 Å². The van der Waals surface area contributed by atoms with Crippen LogP contribution >= 0.6 is 0 Å². The third-order valence-electron chi connectivity index (χ3n) is 5.67. The molecule has 9 nitrogen and oxygen atoms in total. The van der Waals surface area contributed by atoms with Gasteiger partial charge in [0.15, 0.2) is 0 Å². The first-order chi connectivity index (χ1) is 16.5. The van der Waals surface area contributed by atoms with Crippen molar-refractivity contribution in [3.8, 4) is 28.1 Å². The smallest absolute Gasteiger partial charge is 0.427 e. The fraction of sp³-hybridized carbons (Fsp3) is 0.320. The summed E-state index contributed by atoms with van der Waals surface area (Å²) in [5.41, 5.74) is 5.61. The van der Waals surface area contributed by atoms with Gasteiger partial charge in [0.2, 0.25) is 5.88 Å². The zero-order valence-corrected chi connectivity index (χ0v) is 19.5. The molecule has 0 radical (unpaired) electrons. The summed E-state index contributed by atoms with van der Waals surface area (Å²) in [6.07, 6.45) is 0.404. The standard InChI is InChI=1S/C25H28N4O5/c1-4-14-29-22(30)20(23(33-15-5-2)28(3)25(29)32)17-12-10-16(11-13-17)18-8-6-7-9-19(18)21-26-24(31)34-27-21/h6-13,21,27H,4-5,14-15H2,1-3H3,(H,26,31). The van der Waals surface area contributed by atoms with E-state index in [4.69, 9.17) is 9.57 Å². The van der Waals surface area contributed by atoms with Crippen LogP contribution in [-0.2, 0) is 18.4 Å². The van der Waals surface area contributed by atoms with E-state index in [1.54, 1.807) is 7.05 Å². The molecule has 1 amide bonds. The van der Waals surface area contributed by atoms with Crippen LogP contribution in [0.1, 0.15) is 38.4 Å². The molecule has 3 aromatic rings. The second-order valence-electron chi connectivity index (χ2n) is 8.08. The van der Waals surface area contributed by atoms with E-state index >= 15 is 0 Å². The van der Waals surface area contributed by atoms with E-state index in [2.05, 4.69) is 10.8 Å². The van der Waals surface area contributed by atoms with Crippen LogP contribution in [-0.4, -0.2) is 21.8 Å². The number of nitrogens with one attached hydrogen (secondary N) is 2. The molecule has 2 N–H and O–H groups in total. The number of aromatic nitrogens is 2. The second-order valence-corrected chi connectivity index (χ2v) is 8.08. The summed E-state index contributed by atoms with van der Waals surface area (Å²) in [6.45, 7) is 4.62. The average Bonchev–Trinajstić information content (AvgIpc) is 3.29. The quantitative estimate of drug-likeness (QED) is 0.530. The number of hydrogen-bond donors (Lipinski definition) is 2. The summed E-state index contributed by atoms with van der Waals surface area (Å²) in [4.78, 5) is 42.4. The number of amides is 1. The molecule has 1 unspecified atom stereocenters. The molecule has 1 saturated heterocycles. The molecule has 178 valence electrons. The van der Waals surface area contributed by atoms with E-state index in [9.17, 15) is 14.4 Å². The molecule has 1 fully saturated rings. The summed E-state index contributed by atoms with van der Waals surface area (Å²) in [6, 6.07) is 15.2. The Morgan fingerprint density at radius 3 is 2.32 bits per heavy atom. The summed E-state index contributed by atoms with van der Waals surface area (Å²) in [5.74, 6) is 0.271. The van der Waals surface area contributed by atoms with Gasteiger partial charge in [0.05, 0.1) is 6.61 Å². The highest BCUT2D eigenvalue weighted by atomic mass is 16.7. The van der Waals surface area contributed by atoms with Crippen LogP contribution in [0, 0.1) is 0 Å². The minimum Gasteiger partial charge on any atom is -0.478 e. The molecular weight excluding hydrogens is 436 g/mol. The van der Waals surface area contributed by atoms with Crippen molar-refractivity contribution in [3.63, 3.8) is 0 Å². The Morgan fingerprint density at radius 2 is 1.68 bits per heavy atom. The molecular formula is C25H28N4O5. The Kier molecular flexibility index (Phi) is 6.83. The van der Waals surface area contributed by atoms with Crippen molar-refractivity contribution in [2.24, 2.45) is 7.05 Å². The van der Waals surface area contributed by atoms with E-state index in [1.807, 2.05) is 62.4 Å². The SMILES string of the molecule is CCCOc1c(-c2ccc(-c3ccccc3C3NOC(=O)N3)cc2)c(=O)n(CCC)c(=O)n1C. The van der Waals surface area contributed by atoms with Gasteiger partial charge in [0, 0.05) is 13.6 Å². The van der Waals surface area contributed by atoms with Crippen LogP contribution in [0.25, 0.3) is 22.3 Å². The van der Waals surface area contributed by atoms with Crippen molar-refractivity contribution in [3.05, 3.63) is 74.9 Å². The first-order valence-corrected chi connectivity index (χ1v) is 11.4. The first kappa shape index (κ1) is 23.3. The summed E-state index contributed by atoms with van der Waals surface area (Å²) in [7, 11) is 1.62. The van der Waals surface area contributed by atoms with Gasteiger partial charge in [-0.3, -0.25) is 19.2 Å². The minimum atomic E-state index is -0.534. The van der Waals surface area contributed by atoms with Gasteiger partial charge in [-0.15, -0.1) is 5.48 Å². The van der Waals surface area contributed by atoms with Gasteiger partial charge >= 0.3 is 11.8 Å². The molecule has 9 heteroatoms. The lowest BCUT2D eigenvalue weighted by Crippen LogP contribution is -2.40. The zero-order chi connectivity index (χ0) is 24.2. The van der Waals surface area contributed by atoms with E-state index in [-0.39, 0.29) is 17.1 Å². The summed E-state index contributed by atoms with van der Waals surface area (Å²) < 4.78 is 8.52. The predicted octanol–water partition coefficient (Wildman–Crippen LogP) is 3.32. The molecule has 0 aliphatic carbocycles. The van der Waals surface area contributed by atoms with Crippen LogP contribution < -0.4 is 26.8 Å². The number of ether oxygens (including phenoxy) is 1. The van der Waals surface area contributed by atoms with Crippen molar-refractivity contribution in [1.82, 2.24) is 19.9 Å². The number of carbonyl (C=O) groups excluding carboxylic acids is 1.